The van der Waals surface area contributed by atoms with Crippen molar-refractivity contribution in [1.82, 2.24) is 10.6 Å². The number of para-hydroxylation sites is 1. The zero-order valence-electron chi connectivity index (χ0n) is 14.1. The first-order chi connectivity index (χ1) is 12.7. The number of carbonyl (C=O) groups excluding carboxylic acids is 1. The van der Waals surface area contributed by atoms with Gasteiger partial charge in [0.05, 0.1) is 0 Å². The maximum Gasteiger partial charge on any atom is 0.287 e. The average molecular weight is 370 g/mol. The quantitative estimate of drug-likeness (QED) is 0.648. The minimum Gasteiger partial charge on any atom is -0.451 e. The molecule has 1 fully saturated rings. The Bertz CT molecular complexity index is 919. The molecule has 1 amide bonds. The van der Waals surface area contributed by atoms with Gasteiger partial charge in [-0.2, -0.15) is 0 Å². The van der Waals surface area contributed by atoms with Gasteiger partial charge in [-0.3, -0.25) is 4.79 Å². The van der Waals surface area contributed by atoms with Crippen LogP contribution in [-0.2, 0) is 5.75 Å². The van der Waals surface area contributed by atoms with Crippen LogP contribution in [0.4, 0.5) is 4.39 Å². The number of benzene rings is 2. The SMILES string of the molecule is O=C(NCC1CNC1)c1oc2ccccc2c1CSc1ccc(F)cc1. The second kappa shape index (κ2) is 7.51. The molecule has 0 bridgehead atoms. The van der Waals surface area contributed by atoms with Gasteiger partial charge in [-0.25, -0.2) is 4.39 Å². The fourth-order valence-corrected chi connectivity index (χ4v) is 3.85. The summed E-state index contributed by atoms with van der Waals surface area (Å²) < 4.78 is 18.9. The molecule has 134 valence electrons. The lowest BCUT2D eigenvalue weighted by Gasteiger charge is -2.26. The number of amides is 1. The van der Waals surface area contributed by atoms with Gasteiger partial charge in [0.15, 0.2) is 5.76 Å². The highest BCUT2D eigenvalue weighted by molar-refractivity contribution is 7.98. The molecule has 1 aliphatic heterocycles. The van der Waals surface area contributed by atoms with Crippen molar-refractivity contribution in [2.45, 2.75) is 10.6 Å². The third-order valence-electron chi connectivity index (χ3n) is 4.52. The van der Waals surface area contributed by atoms with Gasteiger partial charge in [-0.1, -0.05) is 18.2 Å². The molecule has 1 aromatic heterocycles. The highest BCUT2D eigenvalue weighted by atomic mass is 32.2. The zero-order chi connectivity index (χ0) is 17.9. The van der Waals surface area contributed by atoms with Crippen molar-refractivity contribution in [1.29, 1.82) is 0 Å². The highest BCUT2D eigenvalue weighted by Crippen LogP contribution is 2.32. The fraction of sp³-hybridized carbons (Fsp3) is 0.250. The molecule has 4 nitrogen and oxygen atoms in total. The summed E-state index contributed by atoms with van der Waals surface area (Å²) in [5.41, 5.74) is 1.58. The number of halogens is 1. The summed E-state index contributed by atoms with van der Waals surface area (Å²) in [6.07, 6.45) is 0. The Morgan fingerprint density at radius 2 is 1.96 bits per heavy atom. The number of hydrogen-bond donors (Lipinski definition) is 2. The summed E-state index contributed by atoms with van der Waals surface area (Å²) in [7, 11) is 0. The van der Waals surface area contributed by atoms with E-state index in [1.807, 2.05) is 24.3 Å². The van der Waals surface area contributed by atoms with Crippen LogP contribution in [0.1, 0.15) is 16.1 Å². The number of fused-ring (bicyclic) bond motifs is 1. The molecule has 6 heteroatoms. The van der Waals surface area contributed by atoms with E-state index < -0.39 is 0 Å². The Balaban J connectivity index is 1.56. The van der Waals surface area contributed by atoms with Crippen LogP contribution in [0.2, 0.25) is 0 Å². The van der Waals surface area contributed by atoms with Crippen LogP contribution >= 0.6 is 11.8 Å². The third-order valence-corrected chi connectivity index (χ3v) is 5.56. The molecule has 2 N–H and O–H groups in total. The van der Waals surface area contributed by atoms with Crippen LogP contribution < -0.4 is 10.6 Å². The van der Waals surface area contributed by atoms with Crippen LogP contribution in [0.3, 0.4) is 0 Å². The topological polar surface area (TPSA) is 54.3 Å². The molecule has 26 heavy (non-hydrogen) atoms. The Hall–Kier alpha value is -2.31. The molecule has 4 rings (SSSR count). The Labute approximate surface area is 155 Å². The van der Waals surface area contributed by atoms with E-state index >= 15 is 0 Å². The minimum atomic E-state index is -0.256. The van der Waals surface area contributed by atoms with Gasteiger partial charge in [0.25, 0.3) is 5.91 Å². The molecule has 0 radical (unpaired) electrons. The summed E-state index contributed by atoms with van der Waals surface area (Å²) >= 11 is 1.56. The van der Waals surface area contributed by atoms with E-state index in [0.29, 0.717) is 29.6 Å². The molecule has 2 heterocycles. The molecule has 0 spiro atoms. The predicted molar refractivity (Wildman–Crippen MR) is 101 cm³/mol. The summed E-state index contributed by atoms with van der Waals surface area (Å²) in [5, 5.41) is 7.11. The first-order valence-corrected chi connectivity index (χ1v) is 9.57. The van der Waals surface area contributed by atoms with Gasteiger partial charge in [0.2, 0.25) is 0 Å². The standard InChI is InChI=1S/C20H19FN2O2S/c21-14-5-7-15(8-6-14)26-12-17-16-3-1-2-4-18(16)25-19(17)20(24)23-11-13-9-22-10-13/h1-8,13,22H,9-12H2,(H,23,24). The van der Waals surface area contributed by atoms with Crippen molar-refractivity contribution in [2.75, 3.05) is 19.6 Å². The first-order valence-electron chi connectivity index (χ1n) is 8.58. The summed E-state index contributed by atoms with van der Waals surface area (Å²) in [6, 6.07) is 14.0. The fourth-order valence-electron chi connectivity index (χ4n) is 2.92. The molecular formula is C20H19FN2O2S. The molecular weight excluding hydrogens is 351 g/mol. The van der Waals surface area contributed by atoms with Crippen LogP contribution in [0.15, 0.2) is 57.8 Å². The number of hydrogen-bond acceptors (Lipinski definition) is 4. The number of thioether (sulfide) groups is 1. The third kappa shape index (κ3) is 3.61. The van der Waals surface area contributed by atoms with Crippen molar-refractivity contribution >= 4 is 28.6 Å². The highest BCUT2D eigenvalue weighted by Gasteiger charge is 2.23. The summed E-state index contributed by atoms with van der Waals surface area (Å²) in [4.78, 5) is 13.6. The van der Waals surface area contributed by atoms with Crippen LogP contribution in [0.5, 0.6) is 0 Å². The molecule has 3 aromatic rings. The molecule has 0 atom stereocenters. The Morgan fingerprint density at radius 3 is 2.69 bits per heavy atom. The van der Waals surface area contributed by atoms with Crippen molar-refractivity contribution in [3.05, 3.63) is 65.7 Å². The van der Waals surface area contributed by atoms with Gasteiger partial charge < -0.3 is 15.1 Å². The molecule has 1 aliphatic rings. The molecule has 2 aromatic carbocycles. The van der Waals surface area contributed by atoms with Crippen LogP contribution in [-0.4, -0.2) is 25.5 Å². The normalized spacial score (nSPS) is 14.3. The maximum atomic E-state index is 13.1. The van der Waals surface area contributed by atoms with E-state index in [2.05, 4.69) is 10.6 Å². The second-order valence-corrected chi connectivity index (χ2v) is 7.43. The average Bonchev–Trinajstić information content (AvgIpc) is 2.98. The van der Waals surface area contributed by atoms with E-state index in [1.165, 1.54) is 12.1 Å². The van der Waals surface area contributed by atoms with Crippen molar-refractivity contribution in [2.24, 2.45) is 5.92 Å². The van der Waals surface area contributed by atoms with Crippen LogP contribution in [0.25, 0.3) is 11.0 Å². The number of nitrogens with one attached hydrogen (secondary N) is 2. The van der Waals surface area contributed by atoms with Crippen molar-refractivity contribution in [3.63, 3.8) is 0 Å². The van der Waals surface area contributed by atoms with Crippen LogP contribution in [0, 0.1) is 11.7 Å². The lowest BCUT2D eigenvalue weighted by molar-refractivity contribution is 0.0915. The van der Waals surface area contributed by atoms with E-state index in [0.717, 1.165) is 28.9 Å². The lowest BCUT2D eigenvalue weighted by Crippen LogP contribution is -2.48. The largest absolute Gasteiger partial charge is 0.451 e. The van der Waals surface area contributed by atoms with Gasteiger partial charge >= 0.3 is 0 Å². The summed E-state index contributed by atoms with van der Waals surface area (Å²) in [5.74, 6) is 1.00. The van der Waals surface area contributed by atoms with E-state index in [4.69, 9.17) is 4.42 Å². The Morgan fingerprint density at radius 1 is 1.19 bits per heavy atom. The number of rotatable bonds is 6. The lowest BCUT2D eigenvalue weighted by atomic mass is 10.0. The van der Waals surface area contributed by atoms with Crippen molar-refractivity contribution < 1.29 is 13.6 Å². The van der Waals surface area contributed by atoms with Gasteiger partial charge in [0, 0.05) is 47.2 Å². The monoisotopic (exact) mass is 370 g/mol. The molecule has 0 saturated carbocycles. The van der Waals surface area contributed by atoms with Gasteiger partial charge in [-0.05, 0) is 30.3 Å². The smallest absolute Gasteiger partial charge is 0.287 e. The van der Waals surface area contributed by atoms with E-state index in [9.17, 15) is 9.18 Å². The van der Waals surface area contributed by atoms with Crippen molar-refractivity contribution in [3.8, 4) is 0 Å². The maximum absolute atomic E-state index is 13.1. The van der Waals surface area contributed by atoms with E-state index in [1.54, 1.807) is 23.9 Å². The van der Waals surface area contributed by atoms with Gasteiger partial charge in [0.1, 0.15) is 11.4 Å². The minimum absolute atomic E-state index is 0.178. The Kier molecular flexibility index (Phi) is 4.95. The molecule has 0 unspecified atom stereocenters. The molecule has 0 aliphatic carbocycles. The van der Waals surface area contributed by atoms with Gasteiger partial charge in [-0.15, -0.1) is 11.8 Å². The number of carbonyl (C=O) groups is 1. The molecule has 1 saturated heterocycles. The second-order valence-electron chi connectivity index (χ2n) is 6.38. The predicted octanol–water partition coefficient (Wildman–Crippen LogP) is 3.81. The van der Waals surface area contributed by atoms with E-state index in [-0.39, 0.29) is 11.7 Å². The first kappa shape index (κ1) is 17.1. The zero-order valence-corrected chi connectivity index (χ0v) is 14.9. The number of furan rings is 1. The summed E-state index contributed by atoms with van der Waals surface area (Å²) in [6.45, 7) is 2.52.